The number of hydrogen-bond donors (Lipinski definition) is 1. The van der Waals surface area contributed by atoms with Gasteiger partial charge in [0.1, 0.15) is 0 Å². The van der Waals surface area contributed by atoms with Gasteiger partial charge in [-0.3, -0.25) is 4.79 Å². The first-order valence-electron chi connectivity index (χ1n) is 7.19. The van der Waals surface area contributed by atoms with Gasteiger partial charge in [-0.15, -0.1) is 0 Å². The molecule has 0 radical (unpaired) electrons. The number of amides is 1. The molecule has 0 unspecified atom stereocenters. The van der Waals surface area contributed by atoms with Crippen LogP contribution in [-0.4, -0.2) is 26.2 Å². The first-order chi connectivity index (χ1) is 10.2. The van der Waals surface area contributed by atoms with Crippen LogP contribution in [0.2, 0.25) is 0 Å². The van der Waals surface area contributed by atoms with E-state index in [0.29, 0.717) is 23.6 Å². The van der Waals surface area contributed by atoms with E-state index in [9.17, 15) is 4.79 Å². The van der Waals surface area contributed by atoms with Crippen molar-refractivity contribution in [2.24, 2.45) is 0 Å². The lowest BCUT2D eigenvalue weighted by atomic mass is 10.2. The lowest BCUT2D eigenvalue weighted by molar-refractivity contribution is -0.123. The molecular weight excluding hydrogens is 268 g/mol. The highest BCUT2D eigenvalue weighted by Crippen LogP contribution is 2.27. The molecule has 1 aromatic rings. The SMILES string of the molecule is CCCCCCNC(=O)COc1ccc(C#N)cc1OC. The van der Waals surface area contributed by atoms with Gasteiger partial charge in [0.25, 0.3) is 5.91 Å². The lowest BCUT2D eigenvalue weighted by Crippen LogP contribution is -2.29. The van der Waals surface area contributed by atoms with Crippen LogP contribution in [0.5, 0.6) is 11.5 Å². The van der Waals surface area contributed by atoms with Crippen molar-refractivity contribution < 1.29 is 14.3 Å². The summed E-state index contributed by atoms with van der Waals surface area (Å²) in [6.07, 6.45) is 4.48. The van der Waals surface area contributed by atoms with Gasteiger partial charge in [-0.2, -0.15) is 5.26 Å². The molecular formula is C16H22N2O3. The third-order valence-electron chi connectivity index (χ3n) is 3.00. The van der Waals surface area contributed by atoms with Crippen LogP contribution >= 0.6 is 0 Å². The predicted octanol–water partition coefficient (Wildman–Crippen LogP) is 2.64. The molecule has 0 saturated carbocycles. The summed E-state index contributed by atoms with van der Waals surface area (Å²) in [7, 11) is 1.50. The fourth-order valence-corrected chi connectivity index (χ4v) is 1.83. The molecule has 5 nitrogen and oxygen atoms in total. The van der Waals surface area contributed by atoms with E-state index in [4.69, 9.17) is 14.7 Å². The first-order valence-corrected chi connectivity index (χ1v) is 7.19. The Hall–Kier alpha value is -2.22. The monoisotopic (exact) mass is 290 g/mol. The Balaban J connectivity index is 2.37. The van der Waals surface area contributed by atoms with Crippen molar-refractivity contribution in [2.45, 2.75) is 32.6 Å². The highest BCUT2D eigenvalue weighted by molar-refractivity contribution is 5.77. The van der Waals surface area contributed by atoms with Crippen LogP contribution in [0.25, 0.3) is 0 Å². The van der Waals surface area contributed by atoms with E-state index in [0.717, 1.165) is 12.8 Å². The van der Waals surface area contributed by atoms with E-state index in [-0.39, 0.29) is 12.5 Å². The maximum atomic E-state index is 11.6. The zero-order valence-corrected chi connectivity index (χ0v) is 12.6. The number of nitrogens with zero attached hydrogens (tertiary/aromatic N) is 1. The molecule has 0 aliphatic carbocycles. The summed E-state index contributed by atoms with van der Waals surface area (Å²) in [4.78, 5) is 11.6. The summed E-state index contributed by atoms with van der Waals surface area (Å²) in [5, 5.41) is 11.6. The molecule has 0 bridgehead atoms. The maximum absolute atomic E-state index is 11.6. The molecule has 0 aromatic heterocycles. The third kappa shape index (κ3) is 6.17. The van der Waals surface area contributed by atoms with Crippen molar-refractivity contribution in [3.8, 4) is 17.6 Å². The zero-order chi connectivity index (χ0) is 15.5. The molecule has 0 spiro atoms. The second kappa shape index (κ2) is 9.65. The van der Waals surface area contributed by atoms with Crippen LogP contribution in [0.15, 0.2) is 18.2 Å². The number of rotatable bonds is 9. The minimum Gasteiger partial charge on any atom is -0.493 e. The van der Waals surface area contributed by atoms with Gasteiger partial charge in [-0.05, 0) is 18.6 Å². The maximum Gasteiger partial charge on any atom is 0.257 e. The number of hydrogen-bond acceptors (Lipinski definition) is 4. The Kier molecular flexibility index (Phi) is 7.73. The predicted molar refractivity (Wildman–Crippen MR) is 80.4 cm³/mol. The quantitative estimate of drug-likeness (QED) is 0.710. The van der Waals surface area contributed by atoms with Crippen molar-refractivity contribution >= 4 is 5.91 Å². The molecule has 0 atom stereocenters. The van der Waals surface area contributed by atoms with E-state index in [1.807, 2.05) is 6.07 Å². The van der Waals surface area contributed by atoms with Gasteiger partial charge < -0.3 is 14.8 Å². The molecule has 114 valence electrons. The molecule has 1 aromatic carbocycles. The molecule has 0 aliphatic rings. The lowest BCUT2D eigenvalue weighted by Gasteiger charge is -2.11. The normalized spacial score (nSPS) is 9.76. The molecule has 0 aliphatic heterocycles. The van der Waals surface area contributed by atoms with Crippen LogP contribution in [0.4, 0.5) is 0 Å². The molecule has 1 rings (SSSR count). The van der Waals surface area contributed by atoms with Crippen molar-refractivity contribution in [2.75, 3.05) is 20.3 Å². The molecule has 1 amide bonds. The van der Waals surface area contributed by atoms with Gasteiger partial charge in [-0.1, -0.05) is 26.2 Å². The number of nitrogens with one attached hydrogen (secondary N) is 1. The van der Waals surface area contributed by atoms with E-state index in [2.05, 4.69) is 12.2 Å². The van der Waals surface area contributed by atoms with Crippen molar-refractivity contribution in [1.82, 2.24) is 5.32 Å². The van der Waals surface area contributed by atoms with Gasteiger partial charge in [0, 0.05) is 12.6 Å². The van der Waals surface area contributed by atoms with E-state index in [1.54, 1.807) is 18.2 Å². The smallest absolute Gasteiger partial charge is 0.257 e. The first kappa shape index (κ1) is 16.8. The summed E-state index contributed by atoms with van der Waals surface area (Å²) < 4.78 is 10.6. The average Bonchev–Trinajstić information content (AvgIpc) is 2.52. The van der Waals surface area contributed by atoms with Gasteiger partial charge in [-0.25, -0.2) is 0 Å². The van der Waals surface area contributed by atoms with E-state index < -0.39 is 0 Å². The molecule has 0 fully saturated rings. The minimum absolute atomic E-state index is 0.0595. The van der Waals surface area contributed by atoms with Crippen LogP contribution < -0.4 is 14.8 Å². The van der Waals surface area contributed by atoms with Crippen LogP contribution in [-0.2, 0) is 4.79 Å². The number of unbranched alkanes of at least 4 members (excludes halogenated alkanes) is 3. The fourth-order valence-electron chi connectivity index (χ4n) is 1.83. The van der Waals surface area contributed by atoms with Gasteiger partial charge >= 0.3 is 0 Å². The number of carbonyl (C=O) groups is 1. The topological polar surface area (TPSA) is 71.3 Å². The number of carbonyl (C=O) groups excluding carboxylic acids is 1. The highest BCUT2D eigenvalue weighted by Gasteiger charge is 2.08. The highest BCUT2D eigenvalue weighted by atomic mass is 16.5. The van der Waals surface area contributed by atoms with Crippen LogP contribution in [0.3, 0.4) is 0 Å². The second-order valence-corrected chi connectivity index (χ2v) is 4.68. The van der Waals surface area contributed by atoms with Crippen molar-refractivity contribution in [3.05, 3.63) is 23.8 Å². The van der Waals surface area contributed by atoms with Crippen molar-refractivity contribution in [3.63, 3.8) is 0 Å². The van der Waals surface area contributed by atoms with Gasteiger partial charge in [0.05, 0.1) is 18.7 Å². The summed E-state index contributed by atoms with van der Waals surface area (Å²) in [6, 6.07) is 6.86. The van der Waals surface area contributed by atoms with Crippen LogP contribution in [0.1, 0.15) is 38.2 Å². The Bertz CT molecular complexity index is 495. The molecule has 21 heavy (non-hydrogen) atoms. The van der Waals surface area contributed by atoms with Crippen LogP contribution in [0, 0.1) is 11.3 Å². The standard InChI is InChI=1S/C16H22N2O3/c1-3-4-5-6-9-18-16(19)12-21-14-8-7-13(11-17)10-15(14)20-2/h7-8,10H,3-6,9,12H2,1-2H3,(H,18,19). The number of nitriles is 1. The summed E-state index contributed by atoms with van der Waals surface area (Å²) in [6.45, 7) is 2.76. The van der Waals surface area contributed by atoms with Gasteiger partial charge in [0.15, 0.2) is 18.1 Å². The summed E-state index contributed by atoms with van der Waals surface area (Å²) >= 11 is 0. The van der Waals surface area contributed by atoms with Crippen molar-refractivity contribution in [1.29, 1.82) is 5.26 Å². The number of benzene rings is 1. The summed E-state index contributed by atoms with van der Waals surface area (Å²) in [5.41, 5.74) is 0.486. The Labute approximate surface area is 125 Å². The largest absolute Gasteiger partial charge is 0.493 e. The Morgan fingerprint density at radius 1 is 1.29 bits per heavy atom. The van der Waals surface area contributed by atoms with Gasteiger partial charge in [0.2, 0.25) is 0 Å². The van der Waals surface area contributed by atoms with E-state index >= 15 is 0 Å². The molecule has 0 saturated heterocycles. The average molecular weight is 290 g/mol. The minimum atomic E-state index is -0.155. The third-order valence-corrected chi connectivity index (χ3v) is 3.00. The number of ether oxygens (including phenoxy) is 2. The second-order valence-electron chi connectivity index (χ2n) is 4.68. The number of methoxy groups -OCH3 is 1. The zero-order valence-electron chi connectivity index (χ0n) is 12.6. The fraction of sp³-hybridized carbons (Fsp3) is 0.500. The molecule has 5 heteroatoms. The van der Waals surface area contributed by atoms with E-state index in [1.165, 1.54) is 20.0 Å². The Morgan fingerprint density at radius 2 is 2.10 bits per heavy atom. The molecule has 1 N–H and O–H groups in total. The summed E-state index contributed by atoms with van der Waals surface area (Å²) in [5.74, 6) is 0.750. The molecule has 0 heterocycles. The Morgan fingerprint density at radius 3 is 2.76 bits per heavy atom.